The van der Waals surface area contributed by atoms with E-state index in [2.05, 4.69) is 49.4 Å². The average Bonchev–Trinajstić information content (AvgIpc) is 2.69. The number of hydrogen-bond donors (Lipinski definition) is 1. The van der Waals surface area contributed by atoms with Gasteiger partial charge in [0, 0.05) is 0 Å². The largest absolute Gasteiger partial charge is 0.497 e. The second-order valence-corrected chi connectivity index (χ2v) is 6.84. The fourth-order valence-corrected chi connectivity index (χ4v) is 3.14. The minimum atomic E-state index is -0.390. The number of aryl methyl sites for hydroxylation is 1. The highest BCUT2D eigenvalue weighted by molar-refractivity contribution is 5.55. The van der Waals surface area contributed by atoms with Crippen molar-refractivity contribution in [1.29, 1.82) is 0 Å². The summed E-state index contributed by atoms with van der Waals surface area (Å²) in [4.78, 5) is 0. The lowest BCUT2D eigenvalue weighted by molar-refractivity contribution is 0.197. The summed E-state index contributed by atoms with van der Waals surface area (Å²) in [6, 6.07) is 18.4. The maximum Gasteiger partial charge on any atom is 0.118 e. The lowest BCUT2D eigenvalue weighted by Gasteiger charge is -2.16. The van der Waals surface area contributed by atoms with Gasteiger partial charge in [0.25, 0.3) is 0 Å². The normalized spacial score (nSPS) is 12.8. The number of benzene rings is 2. The number of unbranched alkanes of at least 4 members (excludes halogenated alkanes) is 3. The molecule has 0 heterocycles. The molecular weight excluding hydrogens is 320 g/mol. The van der Waals surface area contributed by atoms with Crippen molar-refractivity contribution < 1.29 is 9.84 Å². The summed E-state index contributed by atoms with van der Waals surface area (Å²) in [7, 11) is 1.68. The van der Waals surface area contributed by atoms with E-state index >= 15 is 0 Å². The average molecular weight is 353 g/mol. The Kier molecular flexibility index (Phi) is 8.99. The minimum Gasteiger partial charge on any atom is -0.497 e. The molecular formula is C24H32O2. The first-order valence-corrected chi connectivity index (χ1v) is 9.79. The van der Waals surface area contributed by atoms with Crippen LogP contribution in [0.15, 0.2) is 60.2 Å². The molecule has 1 atom stereocenters. The van der Waals surface area contributed by atoms with Crippen LogP contribution < -0.4 is 4.74 Å². The van der Waals surface area contributed by atoms with Gasteiger partial charge in [0.15, 0.2) is 0 Å². The molecule has 0 aliphatic carbocycles. The molecule has 1 N–H and O–H groups in total. The molecule has 0 aromatic heterocycles. The Labute approximate surface area is 158 Å². The Morgan fingerprint density at radius 2 is 1.73 bits per heavy atom. The second kappa shape index (κ2) is 11.5. The molecule has 0 aliphatic rings. The minimum absolute atomic E-state index is 0.390. The number of ether oxygens (including phenoxy) is 1. The van der Waals surface area contributed by atoms with Gasteiger partial charge < -0.3 is 9.84 Å². The predicted octanol–water partition coefficient (Wildman–Crippen LogP) is 6.04. The third kappa shape index (κ3) is 7.05. The van der Waals surface area contributed by atoms with E-state index in [1.807, 2.05) is 18.2 Å². The molecule has 0 saturated heterocycles. The van der Waals surface area contributed by atoms with Crippen LogP contribution in [-0.4, -0.2) is 18.3 Å². The summed E-state index contributed by atoms with van der Waals surface area (Å²) in [5.74, 6) is 0.858. The van der Waals surface area contributed by atoms with Crippen LogP contribution in [0.3, 0.4) is 0 Å². The van der Waals surface area contributed by atoms with Crippen molar-refractivity contribution in [1.82, 2.24) is 0 Å². The Hall–Kier alpha value is -2.06. The lowest BCUT2D eigenvalue weighted by Crippen LogP contribution is -2.12. The van der Waals surface area contributed by atoms with Crippen LogP contribution >= 0.6 is 0 Å². The predicted molar refractivity (Wildman–Crippen MR) is 110 cm³/mol. The smallest absolute Gasteiger partial charge is 0.118 e. The van der Waals surface area contributed by atoms with E-state index in [9.17, 15) is 5.11 Å². The van der Waals surface area contributed by atoms with Gasteiger partial charge in [0.2, 0.25) is 0 Å². The van der Waals surface area contributed by atoms with Crippen LogP contribution in [0.25, 0.3) is 6.08 Å². The number of aliphatic hydroxyl groups excluding tert-OH is 1. The summed E-state index contributed by atoms with van der Waals surface area (Å²) >= 11 is 0. The van der Waals surface area contributed by atoms with E-state index in [1.54, 1.807) is 7.11 Å². The van der Waals surface area contributed by atoms with Gasteiger partial charge in [-0.2, -0.15) is 0 Å². The van der Waals surface area contributed by atoms with Gasteiger partial charge in [-0.3, -0.25) is 0 Å². The molecule has 2 rings (SSSR count). The van der Waals surface area contributed by atoms with Crippen LogP contribution in [0.4, 0.5) is 0 Å². The Morgan fingerprint density at radius 1 is 1.00 bits per heavy atom. The lowest BCUT2D eigenvalue weighted by atomic mass is 9.95. The summed E-state index contributed by atoms with van der Waals surface area (Å²) in [6.45, 7) is 2.23. The van der Waals surface area contributed by atoms with Crippen LogP contribution in [-0.2, 0) is 6.42 Å². The van der Waals surface area contributed by atoms with E-state index in [-0.39, 0.29) is 6.10 Å². The van der Waals surface area contributed by atoms with Crippen molar-refractivity contribution in [2.75, 3.05) is 7.11 Å². The van der Waals surface area contributed by atoms with E-state index in [4.69, 9.17) is 4.74 Å². The zero-order chi connectivity index (χ0) is 18.6. The van der Waals surface area contributed by atoms with Gasteiger partial charge >= 0.3 is 0 Å². The maximum atomic E-state index is 10.8. The Morgan fingerprint density at radius 3 is 2.38 bits per heavy atom. The van der Waals surface area contributed by atoms with Gasteiger partial charge in [-0.25, -0.2) is 0 Å². The van der Waals surface area contributed by atoms with Crippen molar-refractivity contribution in [2.24, 2.45) is 0 Å². The van der Waals surface area contributed by atoms with Crippen molar-refractivity contribution in [2.45, 2.75) is 58.0 Å². The molecule has 0 bridgehead atoms. The fraction of sp³-hybridized carbons (Fsp3) is 0.417. The Bertz CT molecular complexity index is 644. The van der Waals surface area contributed by atoms with Gasteiger partial charge in [-0.05, 0) is 54.5 Å². The van der Waals surface area contributed by atoms with E-state index in [0.717, 1.165) is 42.6 Å². The standard InChI is InChI=1S/C24H32O2/c1-3-4-5-9-12-22(19-21-13-16-23(26-2)17-14-21)24(25)18-15-20-10-7-6-8-11-20/h6-8,10-11,13-14,16-17,19,24-25H,3-5,9,12,15,18H2,1-2H3/b22-19+. The van der Waals surface area contributed by atoms with Gasteiger partial charge in [-0.15, -0.1) is 0 Å². The van der Waals surface area contributed by atoms with Crippen LogP contribution in [0.1, 0.15) is 56.6 Å². The Balaban J connectivity index is 2.03. The van der Waals surface area contributed by atoms with Crippen LogP contribution in [0.2, 0.25) is 0 Å². The molecule has 1 unspecified atom stereocenters. The molecule has 0 aliphatic heterocycles. The quantitative estimate of drug-likeness (QED) is 0.499. The van der Waals surface area contributed by atoms with Crippen LogP contribution in [0, 0.1) is 0 Å². The fourth-order valence-electron chi connectivity index (χ4n) is 3.14. The third-order valence-electron chi connectivity index (χ3n) is 4.76. The van der Waals surface area contributed by atoms with Crippen molar-refractivity contribution in [3.63, 3.8) is 0 Å². The van der Waals surface area contributed by atoms with Crippen molar-refractivity contribution in [3.8, 4) is 5.75 Å². The number of methoxy groups -OCH3 is 1. The molecule has 2 aromatic rings. The highest BCUT2D eigenvalue weighted by Crippen LogP contribution is 2.22. The van der Waals surface area contributed by atoms with E-state index in [0.29, 0.717) is 0 Å². The molecule has 0 saturated carbocycles. The van der Waals surface area contributed by atoms with Crippen LogP contribution in [0.5, 0.6) is 5.75 Å². The molecule has 0 fully saturated rings. The third-order valence-corrected chi connectivity index (χ3v) is 4.76. The van der Waals surface area contributed by atoms with E-state index < -0.39 is 0 Å². The topological polar surface area (TPSA) is 29.5 Å². The molecule has 0 spiro atoms. The highest BCUT2D eigenvalue weighted by atomic mass is 16.5. The molecule has 2 aromatic carbocycles. The van der Waals surface area contributed by atoms with Gasteiger partial charge in [0.1, 0.15) is 5.75 Å². The van der Waals surface area contributed by atoms with Crippen molar-refractivity contribution in [3.05, 3.63) is 71.3 Å². The van der Waals surface area contributed by atoms with Crippen molar-refractivity contribution >= 4 is 6.08 Å². The molecule has 0 radical (unpaired) electrons. The monoisotopic (exact) mass is 352 g/mol. The highest BCUT2D eigenvalue weighted by Gasteiger charge is 2.11. The zero-order valence-corrected chi connectivity index (χ0v) is 16.2. The van der Waals surface area contributed by atoms with Gasteiger partial charge in [-0.1, -0.05) is 74.7 Å². The molecule has 140 valence electrons. The number of aliphatic hydroxyl groups is 1. The summed E-state index contributed by atoms with van der Waals surface area (Å²) in [5, 5.41) is 10.8. The van der Waals surface area contributed by atoms with Gasteiger partial charge in [0.05, 0.1) is 13.2 Å². The number of hydrogen-bond acceptors (Lipinski definition) is 2. The summed E-state index contributed by atoms with van der Waals surface area (Å²) in [5.41, 5.74) is 3.54. The summed E-state index contributed by atoms with van der Waals surface area (Å²) < 4.78 is 5.23. The first-order valence-electron chi connectivity index (χ1n) is 9.79. The first kappa shape index (κ1) is 20.3. The zero-order valence-electron chi connectivity index (χ0n) is 16.2. The molecule has 0 amide bonds. The molecule has 2 heteroatoms. The SMILES string of the molecule is CCCCCC/C(=C\c1ccc(OC)cc1)C(O)CCc1ccccc1. The number of rotatable bonds is 11. The van der Waals surface area contributed by atoms with E-state index in [1.165, 1.54) is 24.8 Å². The first-order chi connectivity index (χ1) is 12.7. The second-order valence-electron chi connectivity index (χ2n) is 6.84. The maximum absolute atomic E-state index is 10.8. The summed E-state index contributed by atoms with van der Waals surface area (Å²) in [6.07, 6.45) is 9.24. The molecule has 26 heavy (non-hydrogen) atoms. The molecule has 2 nitrogen and oxygen atoms in total.